The van der Waals surface area contributed by atoms with Gasteiger partial charge in [0.2, 0.25) is 0 Å². The van der Waals surface area contributed by atoms with Gasteiger partial charge in [-0.1, -0.05) is 12.1 Å². The van der Waals surface area contributed by atoms with Crippen LogP contribution in [0.4, 0.5) is 0 Å². The minimum atomic E-state index is -0.617. The van der Waals surface area contributed by atoms with Gasteiger partial charge in [0.05, 0.1) is 14.2 Å². The number of allylic oxidation sites excluding steroid dienone is 1. The summed E-state index contributed by atoms with van der Waals surface area (Å²) in [4.78, 5) is 10.8. The van der Waals surface area contributed by atoms with E-state index in [2.05, 4.69) is 0 Å². The fourth-order valence-electron chi connectivity index (χ4n) is 1.05. The lowest BCUT2D eigenvalue weighted by atomic mass is 10.2. The summed E-state index contributed by atoms with van der Waals surface area (Å²) >= 11 is 5.30. The Hall–Kier alpha value is -1.48. The van der Waals surface area contributed by atoms with Crippen LogP contribution in [0.25, 0.3) is 6.08 Å². The molecule has 1 aromatic rings. The topological polar surface area (TPSA) is 35.5 Å². The van der Waals surface area contributed by atoms with E-state index in [1.54, 1.807) is 37.5 Å². The van der Waals surface area contributed by atoms with Crippen LogP contribution < -0.4 is 4.74 Å². The second kappa shape index (κ2) is 5.41. The Kier molecular flexibility index (Phi) is 4.18. The Balaban J connectivity index is 2.92. The van der Waals surface area contributed by atoms with E-state index >= 15 is 0 Å². The molecule has 1 aromatic carbocycles. The minimum Gasteiger partial charge on any atom is -0.497 e. The molecule has 0 unspecified atom stereocenters. The first kappa shape index (κ1) is 11.6. The average molecular weight is 227 g/mol. The third-order valence-electron chi connectivity index (χ3n) is 1.83. The number of hydrogen-bond donors (Lipinski definition) is 0. The van der Waals surface area contributed by atoms with Crippen LogP contribution in [-0.2, 0) is 9.53 Å². The highest BCUT2D eigenvalue weighted by atomic mass is 35.5. The van der Waals surface area contributed by atoms with E-state index in [9.17, 15) is 4.79 Å². The highest BCUT2D eigenvalue weighted by molar-refractivity contribution is 6.67. The molecular formula is C11H11ClO3. The average Bonchev–Trinajstić information content (AvgIpc) is 2.26. The Morgan fingerprint density at radius 2 is 1.87 bits per heavy atom. The molecule has 3 nitrogen and oxygen atoms in total. The maximum atomic E-state index is 10.8. The molecule has 0 aliphatic rings. The molecule has 4 heteroatoms. The second-order valence-electron chi connectivity index (χ2n) is 2.76. The molecule has 0 saturated heterocycles. The van der Waals surface area contributed by atoms with Gasteiger partial charge in [-0.3, -0.25) is 4.79 Å². The Morgan fingerprint density at radius 1 is 1.27 bits per heavy atom. The molecule has 0 fully saturated rings. The summed E-state index contributed by atoms with van der Waals surface area (Å²) in [5.41, 5.74) is 0.821. The molecule has 0 aliphatic carbocycles. The van der Waals surface area contributed by atoms with Gasteiger partial charge >= 0.3 is 0 Å². The number of benzene rings is 1. The van der Waals surface area contributed by atoms with Crippen molar-refractivity contribution < 1.29 is 14.3 Å². The summed E-state index contributed by atoms with van der Waals surface area (Å²) in [6.07, 6.45) is 1.56. The maximum absolute atomic E-state index is 10.8. The largest absolute Gasteiger partial charge is 0.497 e. The van der Waals surface area contributed by atoms with Gasteiger partial charge in [0.15, 0.2) is 5.76 Å². The molecule has 0 heterocycles. The van der Waals surface area contributed by atoms with E-state index in [-0.39, 0.29) is 5.76 Å². The molecule has 0 N–H and O–H groups in total. The van der Waals surface area contributed by atoms with Crippen molar-refractivity contribution in [3.63, 3.8) is 0 Å². The van der Waals surface area contributed by atoms with E-state index in [0.717, 1.165) is 11.3 Å². The molecule has 0 atom stereocenters. The molecule has 0 bridgehead atoms. The van der Waals surface area contributed by atoms with Crippen LogP contribution in [0, 0.1) is 0 Å². The molecule has 0 saturated carbocycles. The van der Waals surface area contributed by atoms with E-state index in [1.807, 2.05) is 0 Å². The zero-order chi connectivity index (χ0) is 11.3. The van der Waals surface area contributed by atoms with Crippen LogP contribution in [0.15, 0.2) is 30.0 Å². The van der Waals surface area contributed by atoms with E-state index in [0.29, 0.717) is 0 Å². The van der Waals surface area contributed by atoms with Crippen molar-refractivity contribution in [2.24, 2.45) is 0 Å². The lowest BCUT2D eigenvalue weighted by Gasteiger charge is -2.01. The number of methoxy groups -OCH3 is 2. The Labute approximate surface area is 93.3 Å². The number of hydrogen-bond acceptors (Lipinski definition) is 3. The van der Waals surface area contributed by atoms with Crippen molar-refractivity contribution in [2.75, 3.05) is 14.2 Å². The van der Waals surface area contributed by atoms with Crippen molar-refractivity contribution >= 4 is 22.9 Å². The quantitative estimate of drug-likeness (QED) is 0.450. The number of rotatable bonds is 4. The van der Waals surface area contributed by atoms with Gasteiger partial charge in [-0.05, 0) is 35.4 Å². The minimum absolute atomic E-state index is 0.113. The highest BCUT2D eigenvalue weighted by Crippen LogP contribution is 2.15. The first-order chi connectivity index (χ1) is 7.17. The summed E-state index contributed by atoms with van der Waals surface area (Å²) in [6, 6.07) is 7.19. The SMILES string of the molecule is CO/C(=C\c1ccc(OC)cc1)C(=O)Cl. The predicted molar refractivity (Wildman–Crippen MR) is 58.8 cm³/mol. The molecule has 0 aliphatic heterocycles. The van der Waals surface area contributed by atoms with Crippen LogP contribution in [-0.4, -0.2) is 19.5 Å². The van der Waals surface area contributed by atoms with Crippen LogP contribution in [0.1, 0.15) is 5.56 Å². The lowest BCUT2D eigenvalue weighted by molar-refractivity contribution is -0.111. The standard InChI is InChI=1S/C11H11ClO3/c1-14-9-5-3-8(4-6-9)7-10(15-2)11(12)13/h3-7H,1-2H3/b10-7-. The molecule has 1 rings (SSSR count). The molecule has 80 valence electrons. The monoisotopic (exact) mass is 226 g/mol. The number of halogens is 1. The van der Waals surface area contributed by atoms with Crippen molar-refractivity contribution in [3.05, 3.63) is 35.6 Å². The fraction of sp³-hybridized carbons (Fsp3) is 0.182. The van der Waals surface area contributed by atoms with Gasteiger partial charge in [0.25, 0.3) is 5.24 Å². The van der Waals surface area contributed by atoms with Crippen molar-refractivity contribution in [1.29, 1.82) is 0 Å². The first-order valence-electron chi connectivity index (χ1n) is 4.27. The zero-order valence-electron chi connectivity index (χ0n) is 8.49. The Morgan fingerprint density at radius 3 is 2.27 bits per heavy atom. The van der Waals surface area contributed by atoms with Gasteiger partial charge in [0.1, 0.15) is 5.75 Å². The van der Waals surface area contributed by atoms with E-state index in [1.165, 1.54) is 7.11 Å². The van der Waals surface area contributed by atoms with Crippen molar-refractivity contribution in [1.82, 2.24) is 0 Å². The molecule has 0 spiro atoms. The third-order valence-corrected chi connectivity index (χ3v) is 2.01. The summed E-state index contributed by atoms with van der Waals surface area (Å²) in [5, 5.41) is -0.617. The summed E-state index contributed by atoms with van der Waals surface area (Å²) in [7, 11) is 2.99. The van der Waals surface area contributed by atoms with Crippen molar-refractivity contribution in [2.45, 2.75) is 0 Å². The molecule has 15 heavy (non-hydrogen) atoms. The third kappa shape index (κ3) is 3.29. The molecular weight excluding hydrogens is 216 g/mol. The number of carbonyl (C=O) groups excluding carboxylic acids is 1. The van der Waals surface area contributed by atoms with Gasteiger partial charge in [-0.25, -0.2) is 0 Å². The van der Waals surface area contributed by atoms with Crippen LogP contribution in [0.2, 0.25) is 0 Å². The normalized spacial score (nSPS) is 11.0. The van der Waals surface area contributed by atoms with E-state index in [4.69, 9.17) is 21.1 Å². The smallest absolute Gasteiger partial charge is 0.287 e. The second-order valence-corrected chi connectivity index (χ2v) is 3.10. The van der Waals surface area contributed by atoms with Crippen LogP contribution >= 0.6 is 11.6 Å². The van der Waals surface area contributed by atoms with Gasteiger partial charge < -0.3 is 9.47 Å². The first-order valence-corrected chi connectivity index (χ1v) is 4.64. The summed E-state index contributed by atoms with van der Waals surface area (Å²) in [6.45, 7) is 0. The zero-order valence-corrected chi connectivity index (χ0v) is 9.25. The fourth-order valence-corrected chi connectivity index (χ4v) is 1.18. The molecule has 0 aromatic heterocycles. The number of ether oxygens (including phenoxy) is 2. The van der Waals surface area contributed by atoms with Gasteiger partial charge in [0, 0.05) is 0 Å². The molecule has 0 radical (unpaired) electrons. The van der Waals surface area contributed by atoms with Gasteiger partial charge in [-0.15, -0.1) is 0 Å². The number of carbonyl (C=O) groups is 1. The Bertz CT molecular complexity index is 368. The van der Waals surface area contributed by atoms with Crippen LogP contribution in [0.3, 0.4) is 0 Å². The van der Waals surface area contributed by atoms with Crippen LogP contribution in [0.5, 0.6) is 5.75 Å². The lowest BCUT2D eigenvalue weighted by Crippen LogP contribution is -1.95. The van der Waals surface area contributed by atoms with Gasteiger partial charge in [-0.2, -0.15) is 0 Å². The highest BCUT2D eigenvalue weighted by Gasteiger charge is 2.05. The summed E-state index contributed by atoms with van der Waals surface area (Å²) in [5.74, 6) is 0.866. The van der Waals surface area contributed by atoms with E-state index < -0.39 is 5.24 Å². The maximum Gasteiger partial charge on any atom is 0.287 e. The molecule has 0 amide bonds. The summed E-state index contributed by atoms with van der Waals surface area (Å²) < 4.78 is 9.82. The van der Waals surface area contributed by atoms with Crippen molar-refractivity contribution in [3.8, 4) is 5.75 Å². The predicted octanol–water partition coefficient (Wildman–Crippen LogP) is 2.45.